The number of nitrogens with zero attached hydrogens (tertiary/aromatic N) is 8. The van der Waals surface area contributed by atoms with Gasteiger partial charge in [-0.25, -0.2) is 9.50 Å². The molecule has 4 aromatic rings. The molecule has 1 N–H and O–H groups in total. The van der Waals surface area contributed by atoms with Crippen LogP contribution >= 0.6 is 0 Å². The Balaban J connectivity index is 1.63. The molecule has 5 rings (SSSR count). The number of hydrogen-bond donors (Lipinski definition) is 1. The Morgan fingerprint density at radius 3 is 2.70 bits per heavy atom. The Kier molecular flexibility index (Phi) is 3.35. The molecular weight excluding hydrogens is 342 g/mol. The van der Waals surface area contributed by atoms with Crippen LogP contribution in [0.1, 0.15) is 6.42 Å². The van der Waals surface area contributed by atoms with Crippen LogP contribution in [0.3, 0.4) is 0 Å². The van der Waals surface area contributed by atoms with E-state index in [1.807, 2.05) is 40.9 Å². The Morgan fingerprint density at radius 1 is 1.15 bits per heavy atom. The van der Waals surface area contributed by atoms with E-state index < -0.39 is 0 Å². The van der Waals surface area contributed by atoms with Gasteiger partial charge in [-0.1, -0.05) is 0 Å². The van der Waals surface area contributed by atoms with Gasteiger partial charge < -0.3 is 5.32 Å². The van der Waals surface area contributed by atoms with Crippen LogP contribution < -0.4 is 5.32 Å². The summed E-state index contributed by atoms with van der Waals surface area (Å²) in [5.41, 5.74) is 4.05. The van der Waals surface area contributed by atoms with Gasteiger partial charge in [0.25, 0.3) is 0 Å². The molecule has 9 nitrogen and oxygen atoms in total. The average Bonchev–Trinajstić information content (AvgIpc) is 3.37. The number of rotatable bonds is 4. The second-order valence-electron chi connectivity index (χ2n) is 6.87. The predicted molar refractivity (Wildman–Crippen MR) is 97.5 cm³/mol. The van der Waals surface area contributed by atoms with E-state index in [2.05, 4.69) is 26.7 Å². The minimum Gasteiger partial charge on any atom is -0.312 e. The van der Waals surface area contributed by atoms with Crippen LogP contribution in [-0.2, 0) is 12.6 Å². The maximum absolute atomic E-state index is 9.18. The molecule has 0 unspecified atom stereocenters. The summed E-state index contributed by atoms with van der Waals surface area (Å²) in [4.78, 5) is 4.86. The Bertz CT molecular complexity index is 1170. The normalized spacial score (nSPS) is 15.6. The van der Waals surface area contributed by atoms with Gasteiger partial charge in [0, 0.05) is 43.7 Å². The predicted octanol–water partition coefficient (Wildman–Crippen LogP) is 1.21. The highest BCUT2D eigenvalue weighted by molar-refractivity contribution is 5.78. The van der Waals surface area contributed by atoms with Crippen molar-refractivity contribution in [3.63, 3.8) is 0 Å². The standard InChI is InChI=1S/C18H17N9/c1-25-8-13(6-22-25)15-10-26-16(2-5-21-26)17(24-15)14-7-23-27(9-14)18(3-4-19)11-20-12-18/h2,5-10,20H,3,11-12H2,1H3. The third-order valence-electron chi connectivity index (χ3n) is 5.05. The first-order chi connectivity index (χ1) is 13.2. The van der Waals surface area contributed by atoms with Crippen molar-refractivity contribution < 1.29 is 0 Å². The Hall–Kier alpha value is -3.51. The summed E-state index contributed by atoms with van der Waals surface area (Å²) in [6.45, 7) is 1.49. The fourth-order valence-electron chi connectivity index (χ4n) is 3.47. The number of aromatic nitrogens is 7. The van der Waals surface area contributed by atoms with Crippen LogP contribution in [0.4, 0.5) is 0 Å². The lowest BCUT2D eigenvalue weighted by Gasteiger charge is -2.41. The van der Waals surface area contributed by atoms with Gasteiger partial charge in [0.1, 0.15) is 5.54 Å². The number of nitrogens with one attached hydrogen (secondary N) is 1. The zero-order valence-electron chi connectivity index (χ0n) is 14.7. The first kappa shape index (κ1) is 15.7. The van der Waals surface area contributed by atoms with E-state index in [-0.39, 0.29) is 5.54 Å². The van der Waals surface area contributed by atoms with Crippen molar-refractivity contribution in [2.75, 3.05) is 13.1 Å². The van der Waals surface area contributed by atoms with Crippen molar-refractivity contribution >= 4 is 5.52 Å². The molecule has 5 heterocycles. The molecule has 0 aromatic carbocycles. The van der Waals surface area contributed by atoms with E-state index in [0.29, 0.717) is 6.42 Å². The van der Waals surface area contributed by atoms with Crippen LogP contribution in [0.25, 0.3) is 28.0 Å². The largest absolute Gasteiger partial charge is 0.312 e. The fourth-order valence-corrected chi connectivity index (χ4v) is 3.47. The zero-order chi connectivity index (χ0) is 18.4. The summed E-state index contributed by atoms with van der Waals surface area (Å²) in [5.74, 6) is 0. The molecule has 0 aliphatic carbocycles. The van der Waals surface area contributed by atoms with E-state index in [4.69, 9.17) is 4.98 Å². The van der Waals surface area contributed by atoms with E-state index in [0.717, 1.165) is 41.1 Å². The summed E-state index contributed by atoms with van der Waals surface area (Å²) < 4.78 is 5.46. The van der Waals surface area contributed by atoms with Crippen molar-refractivity contribution in [2.24, 2.45) is 7.05 Å². The van der Waals surface area contributed by atoms with Gasteiger partial charge in [-0.05, 0) is 6.07 Å². The van der Waals surface area contributed by atoms with Gasteiger partial charge in [0.05, 0.1) is 54.2 Å². The number of fused-ring (bicyclic) bond motifs is 1. The van der Waals surface area contributed by atoms with Gasteiger partial charge in [-0.3, -0.25) is 9.36 Å². The zero-order valence-corrected chi connectivity index (χ0v) is 14.7. The highest BCUT2D eigenvalue weighted by Crippen LogP contribution is 2.30. The van der Waals surface area contributed by atoms with Crippen molar-refractivity contribution in [2.45, 2.75) is 12.0 Å². The molecule has 27 heavy (non-hydrogen) atoms. The molecule has 1 fully saturated rings. The highest BCUT2D eigenvalue weighted by atomic mass is 15.4. The summed E-state index contributed by atoms with van der Waals surface area (Å²) in [6, 6.07) is 4.21. The SMILES string of the molecule is Cn1cc(-c2cn3nccc3c(-c3cnn(C4(CC#N)CNC4)c3)n2)cn1. The average molecular weight is 359 g/mol. The minimum atomic E-state index is -0.273. The molecule has 9 heteroatoms. The van der Waals surface area contributed by atoms with Gasteiger partial charge >= 0.3 is 0 Å². The molecule has 0 atom stereocenters. The van der Waals surface area contributed by atoms with Gasteiger partial charge in [0.2, 0.25) is 0 Å². The lowest BCUT2D eigenvalue weighted by molar-refractivity contribution is 0.160. The van der Waals surface area contributed by atoms with E-state index in [1.165, 1.54) is 0 Å². The summed E-state index contributed by atoms with van der Waals surface area (Å²) >= 11 is 0. The molecule has 1 aliphatic rings. The summed E-state index contributed by atoms with van der Waals surface area (Å²) in [7, 11) is 1.88. The molecule has 0 saturated carbocycles. The first-order valence-corrected chi connectivity index (χ1v) is 8.65. The van der Waals surface area contributed by atoms with Crippen molar-refractivity contribution in [3.05, 3.63) is 43.2 Å². The van der Waals surface area contributed by atoms with Gasteiger partial charge in [-0.2, -0.15) is 20.6 Å². The minimum absolute atomic E-state index is 0.273. The number of nitriles is 1. The van der Waals surface area contributed by atoms with Crippen molar-refractivity contribution in [3.8, 4) is 28.6 Å². The van der Waals surface area contributed by atoms with E-state index in [9.17, 15) is 5.26 Å². The third-order valence-corrected chi connectivity index (χ3v) is 5.05. The molecule has 1 saturated heterocycles. The quantitative estimate of drug-likeness (QED) is 0.588. The second kappa shape index (κ2) is 5.75. The highest BCUT2D eigenvalue weighted by Gasteiger charge is 2.39. The second-order valence-corrected chi connectivity index (χ2v) is 6.87. The Labute approximate surface area is 154 Å². The van der Waals surface area contributed by atoms with Gasteiger partial charge in [0.15, 0.2) is 0 Å². The first-order valence-electron chi connectivity index (χ1n) is 8.65. The van der Waals surface area contributed by atoms with Crippen molar-refractivity contribution in [1.29, 1.82) is 5.26 Å². The van der Waals surface area contributed by atoms with E-state index in [1.54, 1.807) is 23.3 Å². The summed E-state index contributed by atoms with van der Waals surface area (Å²) in [6.07, 6.45) is 11.6. The smallest absolute Gasteiger partial charge is 0.100 e. The molecular formula is C18H17N9. The molecule has 0 amide bonds. The molecule has 0 radical (unpaired) electrons. The molecule has 134 valence electrons. The van der Waals surface area contributed by atoms with Gasteiger partial charge in [-0.15, -0.1) is 0 Å². The molecule has 0 spiro atoms. The van der Waals surface area contributed by atoms with E-state index >= 15 is 0 Å². The maximum Gasteiger partial charge on any atom is 0.100 e. The van der Waals surface area contributed by atoms with Crippen molar-refractivity contribution in [1.82, 2.24) is 39.5 Å². The van der Waals surface area contributed by atoms with Crippen LogP contribution in [0.2, 0.25) is 0 Å². The number of hydrogen-bond acceptors (Lipinski definition) is 6. The Morgan fingerprint density at radius 2 is 2.00 bits per heavy atom. The monoisotopic (exact) mass is 359 g/mol. The molecule has 1 aliphatic heterocycles. The van der Waals surface area contributed by atoms with Crippen LogP contribution in [0, 0.1) is 11.3 Å². The fraction of sp³-hybridized carbons (Fsp3) is 0.278. The topological polar surface area (TPSA) is 102 Å². The summed E-state index contributed by atoms with van der Waals surface area (Å²) in [5, 5.41) is 25.6. The van der Waals surface area contributed by atoms with Crippen LogP contribution in [0.15, 0.2) is 43.2 Å². The lowest BCUT2D eigenvalue weighted by Crippen LogP contribution is -2.60. The molecule has 0 bridgehead atoms. The lowest BCUT2D eigenvalue weighted by atomic mass is 9.89. The van der Waals surface area contributed by atoms with Crippen LogP contribution in [0.5, 0.6) is 0 Å². The molecule has 4 aromatic heterocycles. The third kappa shape index (κ3) is 2.42. The number of aryl methyl sites for hydroxylation is 1. The maximum atomic E-state index is 9.18. The van der Waals surface area contributed by atoms with Crippen LogP contribution in [-0.4, -0.2) is 47.2 Å².